The van der Waals surface area contributed by atoms with Gasteiger partial charge < -0.3 is 19.3 Å². The van der Waals surface area contributed by atoms with Gasteiger partial charge in [0.2, 0.25) is 0 Å². The summed E-state index contributed by atoms with van der Waals surface area (Å²) < 4.78 is 16.3. The summed E-state index contributed by atoms with van der Waals surface area (Å²) in [5, 5.41) is 9.69. The third kappa shape index (κ3) is 4.64. The zero-order valence-electron chi connectivity index (χ0n) is 10.5. The van der Waals surface area contributed by atoms with Crippen LogP contribution in [-0.2, 0) is 9.47 Å². The van der Waals surface area contributed by atoms with Crippen LogP contribution in [0.4, 0.5) is 0 Å². The van der Waals surface area contributed by atoms with Crippen LogP contribution in [0.2, 0.25) is 0 Å². The van der Waals surface area contributed by atoms with E-state index in [4.69, 9.17) is 14.2 Å². The topological polar surface area (TPSA) is 47.9 Å². The third-order valence-corrected chi connectivity index (χ3v) is 2.82. The Morgan fingerprint density at radius 2 is 2.11 bits per heavy atom. The Hall–Kier alpha value is -1.10. The van der Waals surface area contributed by atoms with Crippen molar-refractivity contribution in [2.45, 2.75) is 25.0 Å². The van der Waals surface area contributed by atoms with Gasteiger partial charge >= 0.3 is 0 Å². The maximum atomic E-state index is 9.69. The SMILES string of the molecule is OC(COCC1CCCO1)COc1ccccc1. The van der Waals surface area contributed by atoms with Gasteiger partial charge in [-0.15, -0.1) is 0 Å². The fraction of sp³-hybridized carbons (Fsp3) is 0.571. The second-order valence-corrected chi connectivity index (χ2v) is 4.45. The van der Waals surface area contributed by atoms with Crippen molar-refractivity contribution in [1.82, 2.24) is 0 Å². The van der Waals surface area contributed by atoms with Crippen LogP contribution in [0.3, 0.4) is 0 Å². The Morgan fingerprint density at radius 1 is 1.28 bits per heavy atom. The first-order valence-corrected chi connectivity index (χ1v) is 6.40. The molecule has 0 radical (unpaired) electrons. The highest BCUT2D eigenvalue weighted by Crippen LogP contribution is 2.12. The van der Waals surface area contributed by atoms with E-state index in [2.05, 4.69) is 0 Å². The average molecular weight is 252 g/mol. The summed E-state index contributed by atoms with van der Waals surface area (Å²) in [6, 6.07) is 9.44. The lowest BCUT2D eigenvalue weighted by Gasteiger charge is -2.14. The van der Waals surface area contributed by atoms with Gasteiger partial charge in [0.1, 0.15) is 18.5 Å². The lowest BCUT2D eigenvalue weighted by molar-refractivity contribution is -0.0277. The van der Waals surface area contributed by atoms with Gasteiger partial charge in [-0.05, 0) is 25.0 Å². The molecule has 18 heavy (non-hydrogen) atoms. The zero-order valence-corrected chi connectivity index (χ0v) is 10.5. The number of para-hydroxylation sites is 1. The number of hydrogen-bond acceptors (Lipinski definition) is 4. The fourth-order valence-corrected chi connectivity index (χ4v) is 1.87. The van der Waals surface area contributed by atoms with Crippen molar-refractivity contribution in [3.05, 3.63) is 30.3 Å². The van der Waals surface area contributed by atoms with Gasteiger partial charge in [-0.3, -0.25) is 0 Å². The van der Waals surface area contributed by atoms with Crippen LogP contribution in [0.1, 0.15) is 12.8 Å². The molecular formula is C14H20O4. The molecule has 0 aliphatic carbocycles. The molecule has 2 atom stereocenters. The summed E-state index contributed by atoms with van der Waals surface area (Å²) in [4.78, 5) is 0. The van der Waals surface area contributed by atoms with Crippen LogP contribution in [-0.4, -0.2) is 43.7 Å². The molecule has 2 rings (SSSR count). The summed E-state index contributed by atoms with van der Waals surface area (Å²) in [6.07, 6.45) is 1.75. The molecule has 0 spiro atoms. The van der Waals surface area contributed by atoms with Crippen molar-refractivity contribution in [3.63, 3.8) is 0 Å². The summed E-state index contributed by atoms with van der Waals surface area (Å²) in [5.41, 5.74) is 0. The molecule has 1 saturated heterocycles. The molecular weight excluding hydrogens is 232 g/mol. The number of rotatable bonds is 7. The molecule has 0 bridgehead atoms. The van der Waals surface area contributed by atoms with Crippen LogP contribution in [0.5, 0.6) is 5.75 Å². The Balaban J connectivity index is 1.56. The summed E-state index contributed by atoms with van der Waals surface area (Å²) >= 11 is 0. The Morgan fingerprint density at radius 3 is 2.83 bits per heavy atom. The van der Waals surface area contributed by atoms with Gasteiger partial charge in [0.25, 0.3) is 0 Å². The highest BCUT2D eigenvalue weighted by Gasteiger charge is 2.16. The minimum atomic E-state index is -0.605. The summed E-state index contributed by atoms with van der Waals surface area (Å²) in [7, 11) is 0. The standard InChI is InChI=1S/C14H20O4/c15-12(9-16-11-14-7-4-8-17-14)10-18-13-5-2-1-3-6-13/h1-3,5-6,12,14-15H,4,7-11H2. The molecule has 0 amide bonds. The predicted octanol–water partition coefficient (Wildman–Crippen LogP) is 1.62. The first kappa shape index (κ1) is 13.3. The van der Waals surface area contributed by atoms with Crippen molar-refractivity contribution in [3.8, 4) is 5.75 Å². The van der Waals surface area contributed by atoms with Gasteiger partial charge in [0.05, 0.1) is 19.3 Å². The lowest BCUT2D eigenvalue weighted by atomic mass is 10.2. The zero-order chi connectivity index (χ0) is 12.6. The van der Waals surface area contributed by atoms with Gasteiger partial charge in [-0.2, -0.15) is 0 Å². The molecule has 1 N–H and O–H groups in total. The molecule has 2 unspecified atom stereocenters. The largest absolute Gasteiger partial charge is 0.491 e. The van der Waals surface area contributed by atoms with E-state index in [1.165, 1.54) is 0 Å². The molecule has 1 heterocycles. The monoisotopic (exact) mass is 252 g/mol. The molecule has 1 fully saturated rings. The molecule has 1 aromatic carbocycles. The molecule has 0 aromatic heterocycles. The Kier molecular flexibility index (Phi) is 5.45. The quantitative estimate of drug-likeness (QED) is 0.801. The predicted molar refractivity (Wildman–Crippen MR) is 67.7 cm³/mol. The minimum Gasteiger partial charge on any atom is -0.491 e. The average Bonchev–Trinajstić information content (AvgIpc) is 2.91. The first-order chi connectivity index (χ1) is 8.84. The molecule has 100 valence electrons. The molecule has 1 aromatic rings. The maximum Gasteiger partial charge on any atom is 0.119 e. The third-order valence-electron chi connectivity index (χ3n) is 2.82. The van der Waals surface area contributed by atoms with Gasteiger partial charge in [-0.25, -0.2) is 0 Å². The van der Waals surface area contributed by atoms with Crippen LogP contribution in [0.15, 0.2) is 30.3 Å². The second-order valence-electron chi connectivity index (χ2n) is 4.45. The van der Waals surface area contributed by atoms with Gasteiger partial charge in [0, 0.05) is 6.61 Å². The molecule has 4 heteroatoms. The van der Waals surface area contributed by atoms with Gasteiger partial charge in [-0.1, -0.05) is 18.2 Å². The van der Waals surface area contributed by atoms with Crippen molar-refractivity contribution in [2.75, 3.05) is 26.4 Å². The number of aliphatic hydroxyl groups is 1. The summed E-state index contributed by atoms with van der Waals surface area (Å²) in [5.74, 6) is 0.760. The van der Waals surface area contributed by atoms with E-state index in [1.807, 2.05) is 30.3 Å². The Bertz CT molecular complexity index is 322. The minimum absolute atomic E-state index is 0.201. The van der Waals surface area contributed by atoms with Gasteiger partial charge in [0.15, 0.2) is 0 Å². The van der Waals surface area contributed by atoms with Crippen LogP contribution < -0.4 is 4.74 Å². The fourth-order valence-electron chi connectivity index (χ4n) is 1.87. The van der Waals surface area contributed by atoms with Crippen LogP contribution >= 0.6 is 0 Å². The van der Waals surface area contributed by atoms with E-state index < -0.39 is 6.10 Å². The lowest BCUT2D eigenvalue weighted by Crippen LogP contribution is -2.26. The normalized spacial score (nSPS) is 20.8. The highest BCUT2D eigenvalue weighted by molar-refractivity contribution is 5.20. The van der Waals surface area contributed by atoms with E-state index in [-0.39, 0.29) is 19.3 Å². The van der Waals surface area contributed by atoms with E-state index in [0.717, 1.165) is 25.2 Å². The first-order valence-electron chi connectivity index (χ1n) is 6.40. The smallest absolute Gasteiger partial charge is 0.119 e. The van der Waals surface area contributed by atoms with Crippen LogP contribution in [0.25, 0.3) is 0 Å². The van der Waals surface area contributed by atoms with E-state index in [0.29, 0.717) is 6.61 Å². The van der Waals surface area contributed by atoms with Crippen molar-refractivity contribution in [2.24, 2.45) is 0 Å². The number of benzene rings is 1. The molecule has 4 nitrogen and oxygen atoms in total. The molecule has 1 aliphatic rings. The van der Waals surface area contributed by atoms with Crippen LogP contribution in [0, 0.1) is 0 Å². The van der Waals surface area contributed by atoms with E-state index in [1.54, 1.807) is 0 Å². The molecule has 1 aliphatic heterocycles. The highest BCUT2D eigenvalue weighted by atomic mass is 16.5. The van der Waals surface area contributed by atoms with Crippen molar-refractivity contribution in [1.29, 1.82) is 0 Å². The van der Waals surface area contributed by atoms with E-state index in [9.17, 15) is 5.11 Å². The second kappa shape index (κ2) is 7.36. The summed E-state index contributed by atoms with van der Waals surface area (Å²) in [6.45, 7) is 1.92. The number of aliphatic hydroxyl groups excluding tert-OH is 1. The number of hydrogen-bond donors (Lipinski definition) is 1. The maximum absolute atomic E-state index is 9.69. The Labute approximate surface area is 107 Å². The number of ether oxygens (including phenoxy) is 3. The van der Waals surface area contributed by atoms with Crippen molar-refractivity contribution >= 4 is 0 Å². The molecule has 0 saturated carbocycles. The van der Waals surface area contributed by atoms with E-state index >= 15 is 0 Å². The van der Waals surface area contributed by atoms with Crippen molar-refractivity contribution < 1.29 is 19.3 Å².